The molecule has 8 nitrogen and oxygen atoms in total. The van der Waals surface area contributed by atoms with Gasteiger partial charge in [0.25, 0.3) is 5.91 Å². The van der Waals surface area contributed by atoms with Crippen molar-refractivity contribution in [1.29, 1.82) is 0 Å². The van der Waals surface area contributed by atoms with Crippen molar-refractivity contribution in [3.8, 4) is 0 Å². The fourth-order valence-electron chi connectivity index (χ4n) is 4.34. The van der Waals surface area contributed by atoms with Crippen LogP contribution < -0.4 is 17.3 Å². The van der Waals surface area contributed by atoms with Crippen LogP contribution >= 0.6 is 11.3 Å². The van der Waals surface area contributed by atoms with Crippen LogP contribution in [-0.2, 0) is 14.8 Å². The number of nitrogens with zero attached hydrogens (tertiary/aromatic N) is 4. The predicted octanol–water partition coefficient (Wildman–Crippen LogP) is 0.925. The van der Waals surface area contributed by atoms with Gasteiger partial charge in [0.15, 0.2) is 5.13 Å². The fourth-order valence-corrected chi connectivity index (χ4v) is 6.71. The molecule has 0 aliphatic carbocycles. The van der Waals surface area contributed by atoms with E-state index in [4.69, 9.17) is 9.72 Å². The minimum absolute atomic E-state index is 0. The smallest absolute Gasteiger partial charge is 0.260 e. The third-order valence-electron chi connectivity index (χ3n) is 6.36. The normalized spacial score (nSPS) is 15.9. The van der Waals surface area contributed by atoms with Gasteiger partial charge in [-0.25, -0.2) is 13.4 Å². The first-order valence-electron chi connectivity index (χ1n) is 12.1. The summed E-state index contributed by atoms with van der Waals surface area (Å²) in [6.07, 6.45) is 1.74. The highest BCUT2D eigenvalue weighted by Crippen LogP contribution is 2.32. The fraction of sp³-hybridized carbons (Fsp3) is 0.462. The van der Waals surface area contributed by atoms with Crippen molar-refractivity contribution in [2.24, 2.45) is 0 Å². The van der Waals surface area contributed by atoms with E-state index >= 15 is 0 Å². The summed E-state index contributed by atoms with van der Waals surface area (Å²) in [6, 6.07) is 10.4. The van der Waals surface area contributed by atoms with Crippen LogP contribution in [0.5, 0.6) is 0 Å². The SMILES string of the molecule is Cc1cc(C)c2nc(N(CCN(C)C)C(=O)c3ccc(S(=O)(=O)N(C)CC4CCCO4)cc3)sc2c1.[Cl-]. The lowest BCUT2D eigenvalue weighted by Gasteiger charge is -2.23. The summed E-state index contributed by atoms with van der Waals surface area (Å²) in [5, 5.41) is 0.638. The van der Waals surface area contributed by atoms with Gasteiger partial charge in [-0.2, -0.15) is 4.31 Å². The predicted molar refractivity (Wildman–Crippen MR) is 145 cm³/mol. The van der Waals surface area contributed by atoms with E-state index in [0.717, 1.165) is 34.2 Å². The molecule has 1 aliphatic rings. The largest absolute Gasteiger partial charge is 1.00 e. The van der Waals surface area contributed by atoms with Crippen LogP contribution in [0.25, 0.3) is 10.2 Å². The number of carbonyl (C=O) groups excluding carboxylic acids is 1. The molecular weight excluding hydrogens is 532 g/mol. The number of rotatable bonds is 9. The van der Waals surface area contributed by atoms with Gasteiger partial charge in [-0.15, -0.1) is 0 Å². The average molecular weight is 566 g/mol. The summed E-state index contributed by atoms with van der Waals surface area (Å²) in [7, 11) is 1.81. The van der Waals surface area contributed by atoms with E-state index in [1.54, 1.807) is 24.1 Å². The number of halogens is 1. The van der Waals surface area contributed by atoms with Crippen LogP contribution in [0.2, 0.25) is 0 Å². The Balaban J connectivity index is 0.00000380. The van der Waals surface area contributed by atoms with Crippen LogP contribution in [0, 0.1) is 13.8 Å². The number of aromatic nitrogens is 1. The summed E-state index contributed by atoms with van der Waals surface area (Å²) in [5.74, 6) is -0.207. The molecule has 1 fully saturated rings. The number of hydrogen-bond acceptors (Lipinski definition) is 7. The molecule has 37 heavy (non-hydrogen) atoms. The number of fused-ring (bicyclic) bond motifs is 1. The van der Waals surface area contributed by atoms with Crippen LogP contribution in [0.3, 0.4) is 0 Å². The van der Waals surface area contributed by atoms with Gasteiger partial charge >= 0.3 is 0 Å². The maximum absolute atomic E-state index is 13.6. The van der Waals surface area contributed by atoms with Crippen molar-refractivity contribution >= 4 is 42.6 Å². The first kappa shape index (κ1) is 29.5. The number of amides is 1. The molecule has 0 radical (unpaired) electrons. The Morgan fingerprint density at radius 1 is 1.11 bits per heavy atom. The van der Waals surface area contributed by atoms with E-state index in [0.29, 0.717) is 36.9 Å². The number of likely N-dealkylation sites (N-methyl/N-ethyl adjacent to an activating group) is 2. The number of hydrogen-bond donors (Lipinski definition) is 0. The maximum Gasteiger partial charge on any atom is 0.260 e. The Bertz CT molecular complexity index is 1340. The summed E-state index contributed by atoms with van der Waals surface area (Å²) < 4.78 is 34.1. The Labute approximate surface area is 229 Å². The van der Waals surface area contributed by atoms with Gasteiger partial charge in [0.1, 0.15) is 0 Å². The van der Waals surface area contributed by atoms with E-state index in [1.807, 2.05) is 25.9 Å². The molecule has 3 aromatic rings. The van der Waals surface area contributed by atoms with E-state index in [-0.39, 0.29) is 29.3 Å². The Morgan fingerprint density at radius 2 is 1.81 bits per heavy atom. The first-order valence-corrected chi connectivity index (χ1v) is 14.3. The highest BCUT2D eigenvalue weighted by molar-refractivity contribution is 7.89. The molecule has 1 unspecified atom stereocenters. The van der Waals surface area contributed by atoms with Crippen LogP contribution in [-0.4, -0.2) is 82.0 Å². The zero-order valence-corrected chi connectivity index (χ0v) is 24.3. The van der Waals surface area contributed by atoms with Crippen molar-refractivity contribution in [2.75, 3.05) is 52.3 Å². The molecule has 0 saturated carbocycles. The first-order chi connectivity index (χ1) is 17.1. The van der Waals surface area contributed by atoms with Gasteiger partial charge in [0, 0.05) is 38.9 Å². The van der Waals surface area contributed by atoms with Gasteiger partial charge in [0.2, 0.25) is 10.0 Å². The summed E-state index contributed by atoms with van der Waals surface area (Å²) in [5.41, 5.74) is 3.55. The number of carbonyl (C=O) groups is 1. The number of benzene rings is 2. The number of ether oxygens (including phenoxy) is 1. The molecule has 1 atom stereocenters. The van der Waals surface area contributed by atoms with Gasteiger partial charge in [0.05, 0.1) is 21.2 Å². The van der Waals surface area contributed by atoms with Crippen molar-refractivity contribution in [3.05, 3.63) is 53.1 Å². The number of anilines is 1. The monoisotopic (exact) mass is 565 g/mol. The molecule has 1 amide bonds. The number of aryl methyl sites for hydroxylation is 2. The lowest BCUT2D eigenvalue weighted by Crippen LogP contribution is -3.00. The molecular formula is C26H34ClN4O4S2-. The molecule has 0 bridgehead atoms. The second-order valence-corrected chi connectivity index (χ2v) is 12.7. The zero-order valence-electron chi connectivity index (χ0n) is 21.9. The summed E-state index contributed by atoms with van der Waals surface area (Å²) >= 11 is 1.50. The highest BCUT2D eigenvalue weighted by Gasteiger charge is 2.27. The standard InChI is InChI=1S/C26H34N4O4S2.ClH/c1-18-15-19(2)24-23(16-18)35-26(27-24)30(13-12-28(3)4)25(31)20-8-10-22(11-9-20)36(32,33)29(5)17-21-7-6-14-34-21;/h8-11,15-16,21H,6-7,12-14,17H2,1-5H3;1H/p-1. The molecule has 0 N–H and O–H groups in total. The van der Waals surface area contributed by atoms with E-state index in [2.05, 4.69) is 19.1 Å². The quantitative estimate of drug-likeness (QED) is 0.384. The Hall–Kier alpha value is -2.08. The topological polar surface area (TPSA) is 83.1 Å². The lowest BCUT2D eigenvalue weighted by molar-refractivity contribution is -0.0000186. The van der Waals surface area contributed by atoms with Gasteiger partial charge < -0.3 is 22.0 Å². The second kappa shape index (κ2) is 12.2. The summed E-state index contributed by atoms with van der Waals surface area (Å²) in [4.78, 5) is 22.3. The highest BCUT2D eigenvalue weighted by atomic mass is 35.5. The third-order valence-corrected chi connectivity index (χ3v) is 9.22. The van der Waals surface area contributed by atoms with Crippen molar-refractivity contribution < 1.29 is 30.4 Å². The van der Waals surface area contributed by atoms with Crippen LogP contribution in [0.1, 0.15) is 34.3 Å². The molecule has 4 rings (SSSR count). The summed E-state index contributed by atoms with van der Waals surface area (Å²) in [6.45, 7) is 6.20. The van der Waals surface area contributed by atoms with Crippen molar-refractivity contribution in [2.45, 2.75) is 37.7 Å². The number of sulfonamides is 1. The van der Waals surface area contributed by atoms with Crippen molar-refractivity contribution in [3.63, 3.8) is 0 Å². The Morgan fingerprint density at radius 3 is 2.43 bits per heavy atom. The molecule has 202 valence electrons. The minimum atomic E-state index is -3.68. The van der Waals surface area contributed by atoms with Crippen LogP contribution in [0.4, 0.5) is 5.13 Å². The zero-order chi connectivity index (χ0) is 26.0. The molecule has 1 aliphatic heterocycles. The maximum atomic E-state index is 13.6. The van der Waals surface area contributed by atoms with E-state index < -0.39 is 10.0 Å². The third kappa shape index (κ3) is 6.68. The molecule has 2 heterocycles. The van der Waals surface area contributed by atoms with Gasteiger partial charge in [-0.1, -0.05) is 17.4 Å². The Kier molecular flexibility index (Phi) is 9.71. The molecule has 2 aromatic carbocycles. The molecule has 0 spiro atoms. The minimum Gasteiger partial charge on any atom is -1.00 e. The number of thiazole rings is 1. The average Bonchev–Trinajstić information content (AvgIpc) is 3.49. The van der Waals surface area contributed by atoms with E-state index in [9.17, 15) is 13.2 Å². The lowest BCUT2D eigenvalue weighted by atomic mass is 10.1. The van der Waals surface area contributed by atoms with Gasteiger partial charge in [-0.3, -0.25) is 9.69 Å². The molecule has 1 aromatic heterocycles. The van der Waals surface area contributed by atoms with E-state index in [1.165, 1.54) is 27.8 Å². The van der Waals surface area contributed by atoms with Crippen LogP contribution in [0.15, 0.2) is 41.3 Å². The second-order valence-electron chi connectivity index (χ2n) is 9.63. The van der Waals surface area contributed by atoms with Crippen molar-refractivity contribution in [1.82, 2.24) is 14.2 Å². The van der Waals surface area contributed by atoms with Gasteiger partial charge in [-0.05, 0) is 82.2 Å². The molecule has 1 saturated heterocycles. The molecule has 11 heteroatoms.